The van der Waals surface area contributed by atoms with Gasteiger partial charge in [-0.3, -0.25) is 18.6 Å². The maximum absolute atomic E-state index is 14.0. The quantitative estimate of drug-likeness (QED) is 0.0740. The smallest absolute Gasteiger partial charge is 0.497 e. The summed E-state index contributed by atoms with van der Waals surface area (Å²) in [6.07, 6.45) is 1.51. The van der Waals surface area contributed by atoms with E-state index in [4.69, 9.17) is 39.2 Å². The summed E-state index contributed by atoms with van der Waals surface area (Å²) in [4.78, 5) is 1.72. The fourth-order valence-electron chi connectivity index (χ4n) is 4.04. The summed E-state index contributed by atoms with van der Waals surface area (Å²) in [6.45, 7) is 0.256. The zero-order valence-electron chi connectivity index (χ0n) is 24.9. The summed E-state index contributed by atoms with van der Waals surface area (Å²) in [5, 5.41) is 4.40. The molecule has 0 saturated heterocycles. The van der Waals surface area contributed by atoms with Crippen LogP contribution in [0.25, 0.3) is 0 Å². The second-order valence-corrected chi connectivity index (χ2v) is 15.7. The van der Waals surface area contributed by atoms with Gasteiger partial charge in [-0.1, -0.05) is 107 Å². The van der Waals surface area contributed by atoms with E-state index in [9.17, 15) is 9.13 Å². The van der Waals surface area contributed by atoms with Gasteiger partial charge in [0.15, 0.2) is 5.75 Å². The first kappa shape index (κ1) is 60.6. The molecule has 0 fully saturated rings. The third kappa shape index (κ3) is 17.3. The molecule has 3 aromatic carbocycles. The Morgan fingerprint density at radius 3 is 1.67 bits per heavy atom. The lowest BCUT2D eigenvalue weighted by atomic mass is 10.1. The molecule has 296 valence electrons. The normalized spacial score (nSPS) is 11.2. The van der Waals surface area contributed by atoms with Crippen LogP contribution in [-0.2, 0) is 45.6 Å². The molecule has 0 aliphatic rings. The van der Waals surface area contributed by atoms with E-state index >= 15 is 0 Å². The van der Waals surface area contributed by atoms with Crippen LogP contribution in [0, 0.1) is 0 Å². The maximum Gasteiger partial charge on any atom is 0.540 e. The number of nitrogens with zero attached hydrogens (tertiary/aromatic N) is 3. The van der Waals surface area contributed by atoms with Crippen LogP contribution in [0.1, 0.15) is 81.9 Å². The minimum atomic E-state index is -3.81. The third-order valence-electron chi connectivity index (χ3n) is 6.38. The highest BCUT2D eigenvalue weighted by Gasteiger charge is 2.43. The second kappa shape index (κ2) is 29.0. The Bertz CT molecular complexity index is 1430. The van der Waals surface area contributed by atoms with Crippen molar-refractivity contribution >= 4 is 40.3 Å². The van der Waals surface area contributed by atoms with Gasteiger partial charge in [0.1, 0.15) is 17.8 Å². The van der Waals surface area contributed by atoms with Crippen LogP contribution in [0.2, 0.25) is 0 Å². The third-order valence-corrected chi connectivity index (χ3v) is 12.3. The molecule has 0 N–H and O–H groups in total. The van der Waals surface area contributed by atoms with Crippen molar-refractivity contribution in [3.63, 3.8) is 0 Å². The summed E-state index contributed by atoms with van der Waals surface area (Å²) in [5.41, 5.74) is 2.35. The van der Waals surface area contributed by atoms with E-state index in [1.165, 1.54) is 28.4 Å². The van der Waals surface area contributed by atoms with Gasteiger partial charge in [-0.15, -0.1) is 5.10 Å². The Kier molecular flexibility index (Phi) is 34.5. The number of hydrazone groups is 1. The molecule has 0 heterocycles. The number of hydrogen-bond donors (Lipinski definition) is 0. The second-order valence-electron chi connectivity index (χ2n) is 9.03. The van der Waals surface area contributed by atoms with Gasteiger partial charge in [-0.05, 0) is 53.1 Å². The van der Waals surface area contributed by atoms with Gasteiger partial charge >= 0.3 is 22.3 Å². The Balaban J connectivity index is -0.000000633. The van der Waals surface area contributed by atoms with E-state index in [0.717, 1.165) is 16.9 Å². The number of hydrogen-bond acceptors (Lipinski definition) is 11. The molecule has 0 aromatic heterocycles. The van der Waals surface area contributed by atoms with Crippen molar-refractivity contribution in [2.75, 3.05) is 48.9 Å². The van der Waals surface area contributed by atoms with E-state index in [2.05, 4.69) is 5.10 Å². The van der Waals surface area contributed by atoms with Crippen molar-refractivity contribution in [1.82, 2.24) is 9.68 Å². The topological polar surface area (TPSA) is 108 Å². The highest BCUT2D eigenvalue weighted by Crippen LogP contribution is 2.63. The molecule has 2 unspecified atom stereocenters. The summed E-state index contributed by atoms with van der Waals surface area (Å²) < 4.78 is 61.4. The molecular weight excluding hydrogens is 727 g/mol. The number of ether oxygens (including phenoxy) is 1. The van der Waals surface area contributed by atoms with Gasteiger partial charge in [-0.2, -0.15) is 0 Å². The van der Waals surface area contributed by atoms with Crippen molar-refractivity contribution in [2.24, 2.45) is 5.10 Å². The molecule has 0 aliphatic heterocycles. The van der Waals surface area contributed by atoms with Gasteiger partial charge < -0.3 is 22.8 Å². The predicted molar refractivity (Wildman–Crippen MR) is 226 cm³/mol. The standard InChI is InChI=1S/C28H37N3O8P3S.8CH4/c1-30(29-20-23-12-16-26(34-2)17-13-23)40(43)39-27-18-14-25(15-19-27)28(42(33,37-5)38-6)31(22-41(32,35-3)36-4)21-24-10-8-7-9-11-24;;;;;;;;/h7-20,28H,21-22H2,1-6H3;8*1H4/q+1;;;;;;;;/b29-20+;;;;;;;;. The Labute approximate surface area is 318 Å². The molecule has 11 nitrogen and oxygen atoms in total. The van der Waals surface area contributed by atoms with Crippen molar-refractivity contribution in [3.05, 3.63) is 95.6 Å². The fourth-order valence-corrected chi connectivity index (χ4v) is 7.85. The fraction of sp³-hybridized carbons (Fsp3) is 0.472. The minimum absolute atomic E-state index is 0. The van der Waals surface area contributed by atoms with Gasteiger partial charge in [-0.25, -0.2) is 0 Å². The molecule has 0 saturated carbocycles. The number of methoxy groups -OCH3 is 1. The van der Waals surface area contributed by atoms with Crippen molar-refractivity contribution in [2.45, 2.75) is 71.7 Å². The zero-order chi connectivity index (χ0) is 31.5. The molecule has 0 amide bonds. The molecular formula is C36H69N3O8P3S+. The van der Waals surface area contributed by atoms with E-state index in [1.807, 2.05) is 54.6 Å². The molecule has 3 aromatic rings. The maximum atomic E-state index is 14.0. The molecule has 0 bridgehead atoms. The average Bonchev–Trinajstić information content (AvgIpc) is 3.04. The molecule has 0 spiro atoms. The SMILES string of the molecule is C.C.C.C.C.C.C.C.COc1ccc(/C=N/N(C)[P+](=S)Oc2ccc(C(N(Cc3ccccc3)CP(=O)(OC)OC)P(=O)(OC)OC)cc2)cc1. The molecule has 2 atom stereocenters. The van der Waals surface area contributed by atoms with Crippen LogP contribution < -0.4 is 9.26 Å². The Morgan fingerprint density at radius 2 is 1.22 bits per heavy atom. The predicted octanol–water partition coefficient (Wildman–Crippen LogP) is 12.3. The molecule has 0 aliphatic carbocycles. The lowest BCUT2D eigenvalue weighted by Gasteiger charge is -2.36. The first-order valence-electron chi connectivity index (χ1n) is 13.0. The van der Waals surface area contributed by atoms with E-state index in [0.29, 0.717) is 11.3 Å². The van der Waals surface area contributed by atoms with E-state index in [1.54, 1.807) is 54.3 Å². The summed E-state index contributed by atoms with van der Waals surface area (Å²) in [7, 11) is -0.334. The van der Waals surface area contributed by atoms with Crippen molar-refractivity contribution in [3.8, 4) is 11.5 Å². The lowest BCUT2D eigenvalue weighted by molar-refractivity contribution is 0.182. The number of benzene rings is 3. The molecule has 0 radical (unpaired) electrons. The van der Waals surface area contributed by atoms with Crippen LogP contribution in [0.15, 0.2) is 84.0 Å². The van der Waals surface area contributed by atoms with Gasteiger partial charge in [0.25, 0.3) is 0 Å². The zero-order valence-corrected chi connectivity index (χ0v) is 28.4. The first-order valence-corrected chi connectivity index (χ1v) is 18.5. The van der Waals surface area contributed by atoms with Gasteiger partial charge in [0.2, 0.25) is 11.8 Å². The Morgan fingerprint density at radius 1 is 0.725 bits per heavy atom. The highest BCUT2D eigenvalue weighted by molar-refractivity contribution is 8.02. The lowest BCUT2D eigenvalue weighted by Crippen LogP contribution is -2.31. The molecule has 51 heavy (non-hydrogen) atoms. The summed E-state index contributed by atoms with van der Waals surface area (Å²) in [6, 6.07) is 23.9. The van der Waals surface area contributed by atoms with Crippen LogP contribution >= 0.6 is 22.3 Å². The van der Waals surface area contributed by atoms with Crippen molar-refractivity contribution in [1.29, 1.82) is 0 Å². The van der Waals surface area contributed by atoms with E-state index in [-0.39, 0.29) is 72.2 Å². The van der Waals surface area contributed by atoms with Crippen LogP contribution in [0.5, 0.6) is 11.5 Å². The first-order chi connectivity index (χ1) is 20.6. The Hall–Kier alpha value is -2.49. The summed E-state index contributed by atoms with van der Waals surface area (Å²) in [5.74, 6) is 0.290. The van der Waals surface area contributed by atoms with Gasteiger partial charge in [0, 0.05) is 35.0 Å². The summed E-state index contributed by atoms with van der Waals surface area (Å²) >= 11 is 5.56. The molecule has 3 rings (SSSR count). The number of rotatable bonds is 17. The average molecular weight is 797 g/mol. The minimum Gasteiger partial charge on any atom is -0.497 e. The monoisotopic (exact) mass is 796 g/mol. The van der Waals surface area contributed by atoms with Crippen LogP contribution in [0.4, 0.5) is 0 Å². The largest absolute Gasteiger partial charge is 0.540 e. The van der Waals surface area contributed by atoms with Crippen LogP contribution in [0.3, 0.4) is 0 Å². The molecule has 15 heteroatoms. The van der Waals surface area contributed by atoms with Crippen LogP contribution in [-0.4, -0.2) is 64.8 Å². The highest BCUT2D eigenvalue weighted by atomic mass is 32.4. The van der Waals surface area contributed by atoms with E-state index < -0.39 is 28.0 Å². The van der Waals surface area contributed by atoms with Gasteiger partial charge in [0.05, 0.1) is 20.4 Å². The van der Waals surface area contributed by atoms with Crippen molar-refractivity contribution < 1.29 is 36.5 Å².